The Morgan fingerprint density at radius 1 is 1.24 bits per heavy atom. The first kappa shape index (κ1) is 15.9. The first-order valence-corrected chi connectivity index (χ1v) is 7.07. The first-order chi connectivity index (χ1) is 10.0. The topological polar surface area (TPSA) is 51.2 Å². The number of rotatable bonds is 4. The van der Waals surface area contributed by atoms with Crippen molar-refractivity contribution in [2.45, 2.75) is 6.54 Å². The second kappa shape index (κ2) is 6.98. The van der Waals surface area contributed by atoms with Crippen molar-refractivity contribution in [2.75, 3.05) is 7.11 Å². The van der Waals surface area contributed by atoms with Crippen LogP contribution in [0.5, 0.6) is 5.75 Å². The molecule has 1 heterocycles. The molecule has 0 spiro atoms. The van der Waals surface area contributed by atoms with Gasteiger partial charge in [-0.25, -0.2) is 4.98 Å². The smallest absolute Gasteiger partial charge is 0.271 e. The number of aromatic nitrogens is 1. The monoisotopic (exact) mass is 344 g/mol. The summed E-state index contributed by atoms with van der Waals surface area (Å²) in [6.45, 7) is 0.279. The third-order valence-electron chi connectivity index (χ3n) is 2.76. The SMILES string of the molecule is COc1ccccc1CNC(=O)c1ncc(Cl)c(Cl)c1Cl. The third kappa shape index (κ3) is 3.59. The number of para-hydroxylation sites is 1. The van der Waals surface area contributed by atoms with Crippen molar-refractivity contribution in [1.29, 1.82) is 0 Å². The molecular weight excluding hydrogens is 335 g/mol. The first-order valence-electron chi connectivity index (χ1n) is 5.94. The van der Waals surface area contributed by atoms with Crippen LogP contribution in [0.4, 0.5) is 0 Å². The maximum absolute atomic E-state index is 12.1. The molecule has 0 aliphatic carbocycles. The molecule has 1 amide bonds. The average Bonchev–Trinajstić information content (AvgIpc) is 2.50. The van der Waals surface area contributed by atoms with Crippen LogP contribution in [0.2, 0.25) is 15.1 Å². The Morgan fingerprint density at radius 3 is 2.67 bits per heavy atom. The third-order valence-corrected chi connectivity index (χ3v) is 4.00. The standard InChI is InChI=1S/C14H11Cl3N2O2/c1-21-10-5-3-2-4-8(10)6-19-14(20)13-12(17)11(16)9(15)7-18-13/h2-5,7H,6H2,1H3,(H,19,20). The summed E-state index contributed by atoms with van der Waals surface area (Å²) in [5.41, 5.74) is 0.866. The number of ether oxygens (including phenoxy) is 1. The van der Waals surface area contributed by atoms with Crippen molar-refractivity contribution in [1.82, 2.24) is 10.3 Å². The molecule has 0 aliphatic heterocycles. The molecule has 0 saturated heterocycles. The summed E-state index contributed by atoms with van der Waals surface area (Å²) < 4.78 is 5.21. The van der Waals surface area contributed by atoms with Gasteiger partial charge in [0.1, 0.15) is 11.4 Å². The van der Waals surface area contributed by atoms with E-state index in [2.05, 4.69) is 10.3 Å². The predicted octanol–water partition coefficient (Wildman–Crippen LogP) is 3.98. The number of hydrogen-bond donors (Lipinski definition) is 1. The zero-order valence-electron chi connectivity index (χ0n) is 11.0. The number of nitrogens with zero attached hydrogens (tertiary/aromatic N) is 1. The van der Waals surface area contributed by atoms with Gasteiger partial charge < -0.3 is 10.1 Å². The van der Waals surface area contributed by atoms with Gasteiger partial charge in [-0.15, -0.1) is 0 Å². The Labute approximate surface area is 137 Å². The Morgan fingerprint density at radius 2 is 1.95 bits per heavy atom. The molecule has 21 heavy (non-hydrogen) atoms. The number of carbonyl (C=O) groups excluding carboxylic acids is 1. The van der Waals surface area contributed by atoms with Crippen molar-refractivity contribution in [3.63, 3.8) is 0 Å². The summed E-state index contributed by atoms with van der Waals surface area (Å²) in [6, 6.07) is 7.37. The highest BCUT2D eigenvalue weighted by atomic mass is 35.5. The predicted molar refractivity (Wildman–Crippen MR) is 83.4 cm³/mol. The Hall–Kier alpha value is -1.49. The van der Waals surface area contributed by atoms with Crippen LogP contribution in [0.25, 0.3) is 0 Å². The molecule has 7 heteroatoms. The van der Waals surface area contributed by atoms with Crippen LogP contribution < -0.4 is 10.1 Å². The van der Waals surface area contributed by atoms with Gasteiger partial charge in [0.15, 0.2) is 0 Å². The van der Waals surface area contributed by atoms with Crippen molar-refractivity contribution in [3.05, 3.63) is 56.8 Å². The van der Waals surface area contributed by atoms with E-state index in [-0.39, 0.29) is 27.3 Å². The Bertz CT molecular complexity index is 677. The molecule has 0 unspecified atom stereocenters. The molecule has 4 nitrogen and oxygen atoms in total. The van der Waals surface area contributed by atoms with Gasteiger partial charge in [0, 0.05) is 18.3 Å². The minimum absolute atomic E-state index is 0.0287. The van der Waals surface area contributed by atoms with E-state index in [1.807, 2.05) is 24.3 Å². The summed E-state index contributed by atoms with van der Waals surface area (Å²) in [6.07, 6.45) is 1.29. The number of methoxy groups -OCH3 is 1. The van der Waals surface area contributed by atoms with Crippen LogP contribution in [0.3, 0.4) is 0 Å². The molecular formula is C14H11Cl3N2O2. The Balaban J connectivity index is 2.14. The van der Waals surface area contributed by atoms with E-state index >= 15 is 0 Å². The number of carbonyl (C=O) groups is 1. The molecule has 0 bridgehead atoms. The molecule has 0 aliphatic rings. The number of halogens is 3. The molecule has 0 radical (unpaired) electrons. The van der Waals surface area contributed by atoms with Crippen LogP contribution in [-0.4, -0.2) is 18.0 Å². The molecule has 0 fully saturated rings. The fourth-order valence-electron chi connectivity index (χ4n) is 1.71. The van der Waals surface area contributed by atoms with E-state index in [9.17, 15) is 4.79 Å². The lowest BCUT2D eigenvalue weighted by atomic mass is 10.2. The summed E-state index contributed by atoms with van der Waals surface area (Å²) in [4.78, 5) is 16.0. The fraction of sp³-hybridized carbons (Fsp3) is 0.143. The summed E-state index contributed by atoms with van der Waals surface area (Å²) >= 11 is 17.6. The van der Waals surface area contributed by atoms with E-state index in [0.29, 0.717) is 5.75 Å². The van der Waals surface area contributed by atoms with E-state index in [1.165, 1.54) is 6.20 Å². The number of benzene rings is 1. The minimum Gasteiger partial charge on any atom is -0.496 e. The maximum atomic E-state index is 12.1. The van der Waals surface area contributed by atoms with Crippen molar-refractivity contribution < 1.29 is 9.53 Å². The van der Waals surface area contributed by atoms with Crippen LogP contribution in [-0.2, 0) is 6.54 Å². The zero-order chi connectivity index (χ0) is 15.4. The lowest BCUT2D eigenvalue weighted by Gasteiger charge is -2.10. The number of nitrogens with one attached hydrogen (secondary N) is 1. The maximum Gasteiger partial charge on any atom is 0.271 e. The fourth-order valence-corrected chi connectivity index (χ4v) is 2.28. The lowest BCUT2D eigenvalue weighted by Crippen LogP contribution is -2.24. The normalized spacial score (nSPS) is 10.3. The molecule has 0 saturated carbocycles. The van der Waals surface area contributed by atoms with E-state index < -0.39 is 5.91 Å². The summed E-state index contributed by atoms with van der Waals surface area (Å²) in [5.74, 6) is 0.246. The van der Waals surface area contributed by atoms with E-state index in [1.54, 1.807) is 7.11 Å². The van der Waals surface area contributed by atoms with Crippen molar-refractivity contribution in [3.8, 4) is 5.75 Å². The van der Waals surface area contributed by atoms with Gasteiger partial charge in [0.2, 0.25) is 0 Å². The molecule has 1 N–H and O–H groups in total. The highest BCUT2D eigenvalue weighted by Crippen LogP contribution is 2.31. The van der Waals surface area contributed by atoms with Crippen LogP contribution in [0, 0.1) is 0 Å². The van der Waals surface area contributed by atoms with Gasteiger partial charge in [-0.1, -0.05) is 53.0 Å². The van der Waals surface area contributed by atoms with Crippen LogP contribution >= 0.6 is 34.8 Å². The summed E-state index contributed by atoms with van der Waals surface area (Å²) in [7, 11) is 1.57. The molecule has 1 aromatic carbocycles. The van der Waals surface area contributed by atoms with Crippen LogP contribution in [0.1, 0.15) is 16.1 Å². The van der Waals surface area contributed by atoms with Gasteiger partial charge in [-0.05, 0) is 6.07 Å². The molecule has 2 rings (SSSR count). The highest BCUT2D eigenvalue weighted by Gasteiger charge is 2.17. The zero-order valence-corrected chi connectivity index (χ0v) is 13.3. The Kier molecular flexibility index (Phi) is 5.28. The largest absolute Gasteiger partial charge is 0.496 e. The van der Waals surface area contributed by atoms with Gasteiger partial charge in [-0.2, -0.15) is 0 Å². The average molecular weight is 346 g/mol. The highest BCUT2D eigenvalue weighted by molar-refractivity contribution is 6.48. The second-order valence-electron chi connectivity index (χ2n) is 4.08. The number of hydrogen-bond acceptors (Lipinski definition) is 3. The van der Waals surface area contributed by atoms with Crippen molar-refractivity contribution >= 4 is 40.7 Å². The van der Waals surface area contributed by atoms with Gasteiger partial charge in [-0.3, -0.25) is 4.79 Å². The lowest BCUT2D eigenvalue weighted by molar-refractivity contribution is 0.0946. The van der Waals surface area contributed by atoms with E-state index in [0.717, 1.165) is 5.56 Å². The van der Waals surface area contributed by atoms with Gasteiger partial charge in [0.25, 0.3) is 5.91 Å². The van der Waals surface area contributed by atoms with Gasteiger partial charge in [0.05, 0.1) is 22.2 Å². The summed E-state index contributed by atoms with van der Waals surface area (Å²) in [5, 5.41) is 3.04. The molecule has 2 aromatic rings. The van der Waals surface area contributed by atoms with Crippen molar-refractivity contribution in [2.24, 2.45) is 0 Å². The quantitative estimate of drug-likeness (QED) is 0.912. The van der Waals surface area contributed by atoms with Gasteiger partial charge >= 0.3 is 0 Å². The second-order valence-corrected chi connectivity index (χ2v) is 5.24. The number of amides is 1. The molecule has 1 aromatic heterocycles. The minimum atomic E-state index is -0.440. The number of pyridine rings is 1. The van der Waals surface area contributed by atoms with Crippen LogP contribution in [0.15, 0.2) is 30.5 Å². The molecule has 110 valence electrons. The van der Waals surface area contributed by atoms with E-state index in [4.69, 9.17) is 39.5 Å². The molecule has 0 atom stereocenters.